The average Bonchev–Trinajstić information content (AvgIpc) is 2.84. The van der Waals surface area contributed by atoms with Gasteiger partial charge in [0.05, 0.1) is 0 Å². The Labute approximate surface area is 125 Å². The predicted octanol–water partition coefficient (Wildman–Crippen LogP) is 4.82. The molecular weight excluding hydrogens is 256 g/mol. The average molecular weight is 274 g/mol. The first-order chi connectivity index (χ1) is 10.2. The monoisotopic (exact) mass is 274 g/mol. The van der Waals surface area contributed by atoms with E-state index in [4.69, 9.17) is 0 Å². The number of hydrogen-bond donors (Lipinski definition) is 0. The third-order valence-corrected chi connectivity index (χ3v) is 3.91. The van der Waals surface area contributed by atoms with Crippen molar-refractivity contribution in [2.75, 3.05) is 0 Å². The normalized spacial score (nSPS) is 18.6. The van der Waals surface area contributed by atoms with Crippen LogP contribution in [0.3, 0.4) is 0 Å². The molecule has 0 aliphatic heterocycles. The van der Waals surface area contributed by atoms with Crippen molar-refractivity contribution in [3.8, 4) is 0 Å². The van der Waals surface area contributed by atoms with Gasteiger partial charge in [-0.25, -0.2) is 0 Å². The second-order valence-electron chi connectivity index (χ2n) is 5.44. The van der Waals surface area contributed by atoms with Gasteiger partial charge in [0, 0.05) is 11.1 Å². The van der Waals surface area contributed by atoms with Crippen LogP contribution in [0.2, 0.25) is 0 Å². The largest absolute Gasteiger partial charge is 0.289 e. The molecule has 1 fully saturated rings. The number of Topliss-reactive ketones (excluding diaryl/α,β-unsaturated/α-hetero) is 1. The van der Waals surface area contributed by atoms with E-state index in [9.17, 15) is 4.79 Å². The molecule has 0 unspecified atom stereocenters. The quantitative estimate of drug-likeness (QED) is 0.717. The molecule has 1 aliphatic carbocycles. The van der Waals surface area contributed by atoms with Crippen LogP contribution >= 0.6 is 0 Å². The van der Waals surface area contributed by atoms with Crippen LogP contribution in [-0.2, 0) is 4.79 Å². The Morgan fingerprint density at radius 2 is 1.43 bits per heavy atom. The van der Waals surface area contributed by atoms with Crippen LogP contribution in [0.4, 0.5) is 0 Å². The topological polar surface area (TPSA) is 17.1 Å². The van der Waals surface area contributed by atoms with Crippen molar-refractivity contribution in [2.24, 2.45) is 0 Å². The van der Waals surface area contributed by atoms with Gasteiger partial charge in [-0.1, -0.05) is 54.6 Å². The van der Waals surface area contributed by atoms with E-state index < -0.39 is 0 Å². The molecule has 21 heavy (non-hydrogen) atoms. The second kappa shape index (κ2) is 5.92. The number of rotatable bonds is 2. The molecule has 2 aromatic carbocycles. The first-order valence-electron chi connectivity index (χ1n) is 7.30. The van der Waals surface area contributed by atoms with E-state index in [2.05, 4.69) is 19.1 Å². The van der Waals surface area contributed by atoms with Crippen molar-refractivity contribution in [1.82, 2.24) is 0 Å². The summed E-state index contributed by atoms with van der Waals surface area (Å²) in [5.41, 5.74) is 5.28. The highest BCUT2D eigenvalue weighted by atomic mass is 16.1. The number of carbonyl (C=O) groups is 1. The zero-order valence-electron chi connectivity index (χ0n) is 12.2. The SMILES string of the molecule is Cc1ccccc1/C=C1\CC/C(=C\c2ccccc2)C1=O. The summed E-state index contributed by atoms with van der Waals surface area (Å²) >= 11 is 0. The summed E-state index contributed by atoms with van der Waals surface area (Å²) in [7, 11) is 0. The van der Waals surface area contributed by atoms with Gasteiger partial charge in [0.15, 0.2) is 5.78 Å². The Hall–Kier alpha value is -2.41. The van der Waals surface area contributed by atoms with Gasteiger partial charge in [-0.05, 0) is 48.6 Å². The Bertz CT molecular complexity index is 721. The van der Waals surface area contributed by atoms with E-state index >= 15 is 0 Å². The van der Waals surface area contributed by atoms with Crippen molar-refractivity contribution in [1.29, 1.82) is 0 Å². The molecule has 0 bridgehead atoms. The maximum atomic E-state index is 12.5. The lowest BCUT2D eigenvalue weighted by atomic mass is 10.0. The van der Waals surface area contributed by atoms with E-state index in [1.807, 2.05) is 54.6 Å². The number of benzene rings is 2. The molecule has 1 aliphatic rings. The van der Waals surface area contributed by atoms with Crippen LogP contribution in [0.15, 0.2) is 65.7 Å². The van der Waals surface area contributed by atoms with Crippen molar-refractivity contribution < 1.29 is 4.79 Å². The van der Waals surface area contributed by atoms with Crippen LogP contribution in [0, 0.1) is 6.92 Å². The molecule has 1 nitrogen and oxygen atoms in total. The molecule has 1 saturated carbocycles. The Kier molecular flexibility index (Phi) is 3.83. The van der Waals surface area contributed by atoms with Gasteiger partial charge in [-0.2, -0.15) is 0 Å². The van der Waals surface area contributed by atoms with E-state index in [-0.39, 0.29) is 5.78 Å². The number of hydrogen-bond acceptors (Lipinski definition) is 1. The predicted molar refractivity (Wildman–Crippen MR) is 87.8 cm³/mol. The summed E-state index contributed by atoms with van der Waals surface area (Å²) in [6, 6.07) is 18.2. The fourth-order valence-electron chi connectivity index (χ4n) is 2.66. The van der Waals surface area contributed by atoms with Gasteiger partial charge in [-0.15, -0.1) is 0 Å². The minimum atomic E-state index is 0.196. The maximum Gasteiger partial charge on any atom is 0.185 e. The highest BCUT2D eigenvalue weighted by molar-refractivity contribution is 6.15. The maximum absolute atomic E-state index is 12.5. The molecule has 0 saturated heterocycles. The summed E-state index contributed by atoms with van der Waals surface area (Å²) in [5, 5.41) is 0. The third kappa shape index (κ3) is 3.03. The standard InChI is InChI=1S/C20H18O/c1-15-7-5-6-10-17(15)14-19-12-11-18(20(19)21)13-16-8-3-2-4-9-16/h2-10,13-14H,11-12H2,1H3/b18-13+,19-14+. The molecule has 0 N–H and O–H groups in total. The minimum absolute atomic E-state index is 0.196. The number of ketones is 1. The molecule has 0 heterocycles. The van der Waals surface area contributed by atoms with Crippen molar-refractivity contribution in [2.45, 2.75) is 19.8 Å². The zero-order valence-corrected chi connectivity index (χ0v) is 12.2. The molecule has 1 heteroatoms. The molecule has 0 amide bonds. The smallest absolute Gasteiger partial charge is 0.185 e. The van der Waals surface area contributed by atoms with Crippen molar-refractivity contribution in [3.63, 3.8) is 0 Å². The zero-order chi connectivity index (χ0) is 14.7. The number of aryl methyl sites for hydroxylation is 1. The van der Waals surface area contributed by atoms with Gasteiger partial charge in [0.1, 0.15) is 0 Å². The fourth-order valence-corrected chi connectivity index (χ4v) is 2.66. The summed E-state index contributed by atoms with van der Waals surface area (Å²) < 4.78 is 0. The summed E-state index contributed by atoms with van der Waals surface area (Å²) in [6.45, 7) is 2.08. The van der Waals surface area contributed by atoms with Gasteiger partial charge in [0.2, 0.25) is 0 Å². The lowest BCUT2D eigenvalue weighted by Gasteiger charge is -2.01. The minimum Gasteiger partial charge on any atom is -0.289 e. The molecule has 0 atom stereocenters. The lowest BCUT2D eigenvalue weighted by Crippen LogP contribution is -1.96. The van der Waals surface area contributed by atoms with E-state index in [1.54, 1.807) is 0 Å². The molecule has 2 aromatic rings. The molecule has 0 radical (unpaired) electrons. The Balaban J connectivity index is 1.88. The number of carbonyl (C=O) groups excluding carboxylic acids is 1. The number of allylic oxidation sites excluding steroid dienone is 2. The van der Waals surface area contributed by atoms with Gasteiger partial charge < -0.3 is 0 Å². The van der Waals surface area contributed by atoms with Crippen LogP contribution in [-0.4, -0.2) is 5.78 Å². The molecule has 0 aromatic heterocycles. The van der Waals surface area contributed by atoms with Gasteiger partial charge in [-0.3, -0.25) is 4.79 Å². The van der Waals surface area contributed by atoms with Crippen LogP contribution in [0.1, 0.15) is 29.5 Å². The molecule has 104 valence electrons. The van der Waals surface area contributed by atoms with Crippen LogP contribution in [0.25, 0.3) is 12.2 Å². The highest BCUT2D eigenvalue weighted by Crippen LogP contribution is 2.29. The summed E-state index contributed by atoms with van der Waals surface area (Å²) in [4.78, 5) is 12.5. The van der Waals surface area contributed by atoms with E-state index in [0.717, 1.165) is 35.1 Å². The summed E-state index contributed by atoms with van der Waals surface area (Å²) in [6.07, 6.45) is 5.74. The van der Waals surface area contributed by atoms with Crippen LogP contribution < -0.4 is 0 Å². The first kappa shape index (κ1) is 13.6. The van der Waals surface area contributed by atoms with Gasteiger partial charge in [0.25, 0.3) is 0 Å². The molecule has 0 spiro atoms. The van der Waals surface area contributed by atoms with E-state index in [1.165, 1.54) is 5.56 Å². The first-order valence-corrected chi connectivity index (χ1v) is 7.30. The summed E-state index contributed by atoms with van der Waals surface area (Å²) in [5.74, 6) is 0.196. The van der Waals surface area contributed by atoms with E-state index in [0.29, 0.717) is 0 Å². The Morgan fingerprint density at radius 1 is 0.810 bits per heavy atom. The van der Waals surface area contributed by atoms with Crippen LogP contribution in [0.5, 0.6) is 0 Å². The van der Waals surface area contributed by atoms with Gasteiger partial charge >= 0.3 is 0 Å². The molecular formula is C20H18O. The second-order valence-corrected chi connectivity index (χ2v) is 5.44. The highest BCUT2D eigenvalue weighted by Gasteiger charge is 2.22. The third-order valence-electron chi connectivity index (χ3n) is 3.91. The molecule has 3 rings (SSSR count). The van der Waals surface area contributed by atoms with Crippen molar-refractivity contribution >= 4 is 17.9 Å². The lowest BCUT2D eigenvalue weighted by molar-refractivity contribution is -0.111. The Morgan fingerprint density at radius 3 is 2.14 bits per heavy atom. The van der Waals surface area contributed by atoms with Crippen molar-refractivity contribution in [3.05, 3.63) is 82.4 Å². The fraction of sp³-hybridized carbons (Fsp3) is 0.150.